The zero-order valence-corrected chi connectivity index (χ0v) is 16.7. The molecule has 1 N–H and O–H groups in total. The van der Waals surface area contributed by atoms with E-state index >= 15 is 0 Å². The molecule has 8 nitrogen and oxygen atoms in total. The van der Waals surface area contributed by atoms with Gasteiger partial charge in [0.2, 0.25) is 0 Å². The van der Waals surface area contributed by atoms with Gasteiger partial charge in [0.05, 0.1) is 9.83 Å². The monoisotopic (exact) mass is 436 g/mol. The summed E-state index contributed by atoms with van der Waals surface area (Å²) in [6.45, 7) is 1.51. The summed E-state index contributed by atoms with van der Waals surface area (Å²) in [6, 6.07) is 9.54. The maximum absolute atomic E-state index is 12.4. The minimum absolute atomic E-state index is 0.0319. The summed E-state index contributed by atoms with van der Waals surface area (Å²) in [5.41, 5.74) is 0.685. The normalized spacial score (nSPS) is 15.5. The van der Waals surface area contributed by atoms with E-state index in [9.17, 15) is 23.3 Å². The quantitative estimate of drug-likeness (QED) is 0.250. The van der Waals surface area contributed by atoms with Crippen molar-refractivity contribution in [3.63, 3.8) is 0 Å². The average Bonchev–Trinajstić information content (AvgIpc) is 2.93. The fourth-order valence-corrected chi connectivity index (χ4v) is 4.30. The summed E-state index contributed by atoms with van der Waals surface area (Å²) in [6.07, 6.45) is 1.61. The lowest BCUT2D eigenvalue weighted by atomic mass is 10.2. The zero-order chi connectivity index (χ0) is 20.5. The van der Waals surface area contributed by atoms with Gasteiger partial charge >= 0.3 is 10.1 Å². The Kier molecular flexibility index (Phi) is 5.49. The standard InChI is InChI=1S/C17H12N2O6S3/c1-10-2-7-13(9-14(10)19(21)22)28(23,24)25-12-5-3-11(4-6-12)8-15-16(20)18-17(26)27-15/h2-9H,1H3,(H,18,20,26). The minimum atomic E-state index is -4.24. The first-order valence-corrected chi connectivity index (χ1v) is 10.3. The summed E-state index contributed by atoms with van der Waals surface area (Å²) in [4.78, 5) is 22.1. The predicted octanol–water partition coefficient (Wildman–Crippen LogP) is 3.16. The van der Waals surface area contributed by atoms with Crippen molar-refractivity contribution in [1.29, 1.82) is 0 Å². The molecule has 0 bridgehead atoms. The van der Waals surface area contributed by atoms with Gasteiger partial charge in [-0.1, -0.05) is 42.2 Å². The van der Waals surface area contributed by atoms with Crippen LogP contribution < -0.4 is 9.50 Å². The highest BCUT2D eigenvalue weighted by atomic mass is 32.2. The fourth-order valence-electron chi connectivity index (χ4n) is 2.31. The van der Waals surface area contributed by atoms with Gasteiger partial charge in [-0.3, -0.25) is 14.9 Å². The number of carbonyl (C=O) groups excluding carboxylic acids is 1. The van der Waals surface area contributed by atoms with Crippen molar-refractivity contribution in [3.05, 3.63) is 68.6 Å². The summed E-state index contributed by atoms with van der Waals surface area (Å²) < 4.78 is 30.2. The fraction of sp³-hybridized carbons (Fsp3) is 0.0588. The highest BCUT2D eigenvalue weighted by Crippen LogP contribution is 2.28. The molecular weight excluding hydrogens is 424 g/mol. The SMILES string of the molecule is Cc1ccc(S(=O)(=O)Oc2ccc(C=C3SC(=S)NC3=O)cc2)cc1[N+](=O)[O-]. The van der Waals surface area contributed by atoms with Crippen molar-refractivity contribution in [2.75, 3.05) is 0 Å². The molecule has 3 rings (SSSR count). The Balaban J connectivity index is 1.81. The van der Waals surface area contributed by atoms with Crippen molar-refractivity contribution < 1.29 is 22.3 Å². The van der Waals surface area contributed by atoms with Gasteiger partial charge in [0.25, 0.3) is 11.6 Å². The van der Waals surface area contributed by atoms with Gasteiger partial charge in [0.15, 0.2) is 0 Å². The van der Waals surface area contributed by atoms with Crippen molar-refractivity contribution >= 4 is 56.1 Å². The van der Waals surface area contributed by atoms with E-state index < -0.39 is 15.0 Å². The number of amides is 1. The first-order chi connectivity index (χ1) is 13.2. The van der Waals surface area contributed by atoms with E-state index in [2.05, 4.69) is 5.32 Å². The molecule has 0 spiro atoms. The molecule has 1 aliphatic heterocycles. The third-order valence-electron chi connectivity index (χ3n) is 3.69. The Bertz CT molecular complexity index is 1120. The molecular formula is C17H12N2O6S3. The lowest BCUT2D eigenvalue weighted by Gasteiger charge is -2.08. The van der Waals surface area contributed by atoms with Crippen LogP contribution in [-0.2, 0) is 14.9 Å². The second-order valence-corrected chi connectivity index (χ2v) is 8.93. The number of thioether (sulfide) groups is 1. The second-order valence-electron chi connectivity index (χ2n) is 5.66. The third-order valence-corrected chi connectivity index (χ3v) is 6.10. The Labute approximate surface area is 169 Å². The Hall–Kier alpha value is -2.76. The zero-order valence-electron chi connectivity index (χ0n) is 14.2. The summed E-state index contributed by atoms with van der Waals surface area (Å²) in [7, 11) is -4.24. The number of nitrogens with one attached hydrogen (secondary N) is 1. The smallest absolute Gasteiger partial charge is 0.339 e. The Morgan fingerprint density at radius 3 is 2.46 bits per heavy atom. The van der Waals surface area contributed by atoms with Gasteiger partial charge in [-0.15, -0.1) is 0 Å². The maximum Gasteiger partial charge on any atom is 0.339 e. The molecule has 0 radical (unpaired) electrons. The number of aryl methyl sites for hydroxylation is 1. The number of hydrogen-bond acceptors (Lipinski definition) is 8. The van der Waals surface area contributed by atoms with Crippen LogP contribution in [0.2, 0.25) is 0 Å². The van der Waals surface area contributed by atoms with Crippen LogP contribution >= 0.6 is 24.0 Å². The molecule has 1 amide bonds. The average molecular weight is 436 g/mol. The second kappa shape index (κ2) is 7.70. The van der Waals surface area contributed by atoms with E-state index in [4.69, 9.17) is 16.4 Å². The van der Waals surface area contributed by atoms with Gasteiger partial charge in [-0.2, -0.15) is 8.42 Å². The first kappa shape index (κ1) is 20.0. The summed E-state index contributed by atoms with van der Waals surface area (Å²) in [5.74, 6) is -0.261. The molecule has 2 aromatic carbocycles. The summed E-state index contributed by atoms with van der Waals surface area (Å²) >= 11 is 6.05. The van der Waals surface area contributed by atoms with Crippen LogP contribution in [0.15, 0.2) is 52.3 Å². The van der Waals surface area contributed by atoms with E-state index in [-0.39, 0.29) is 22.2 Å². The molecule has 28 heavy (non-hydrogen) atoms. The minimum Gasteiger partial charge on any atom is -0.379 e. The van der Waals surface area contributed by atoms with Crippen LogP contribution in [0.25, 0.3) is 6.08 Å². The van der Waals surface area contributed by atoms with Crippen molar-refractivity contribution in [3.8, 4) is 5.75 Å². The highest BCUT2D eigenvalue weighted by Gasteiger charge is 2.23. The molecule has 144 valence electrons. The van der Waals surface area contributed by atoms with Crippen LogP contribution in [0.1, 0.15) is 11.1 Å². The van der Waals surface area contributed by atoms with Crippen LogP contribution in [0, 0.1) is 17.0 Å². The Morgan fingerprint density at radius 2 is 1.89 bits per heavy atom. The molecule has 11 heteroatoms. The molecule has 1 heterocycles. The van der Waals surface area contributed by atoms with Gasteiger partial charge in [-0.25, -0.2) is 0 Å². The lowest BCUT2D eigenvalue weighted by Crippen LogP contribution is -2.17. The number of nitro benzene ring substituents is 1. The molecule has 0 atom stereocenters. The third kappa shape index (κ3) is 4.38. The molecule has 1 aliphatic rings. The molecule has 2 aromatic rings. The predicted molar refractivity (Wildman–Crippen MR) is 108 cm³/mol. The highest BCUT2D eigenvalue weighted by molar-refractivity contribution is 8.26. The van der Waals surface area contributed by atoms with E-state index in [1.807, 2.05) is 0 Å². The molecule has 0 aliphatic carbocycles. The van der Waals surface area contributed by atoms with E-state index in [0.717, 1.165) is 17.8 Å². The molecule has 1 saturated heterocycles. The number of nitro groups is 1. The first-order valence-electron chi connectivity index (χ1n) is 7.70. The molecule has 0 aromatic heterocycles. The molecule has 0 unspecified atom stereocenters. The van der Waals surface area contributed by atoms with Crippen LogP contribution in [0.3, 0.4) is 0 Å². The van der Waals surface area contributed by atoms with Gasteiger partial charge in [-0.05, 0) is 36.8 Å². The lowest BCUT2D eigenvalue weighted by molar-refractivity contribution is -0.385. The number of benzene rings is 2. The van der Waals surface area contributed by atoms with Crippen LogP contribution in [0.5, 0.6) is 5.75 Å². The largest absolute Gasteiger partial charge is 0.379 e. The number of rotatable bonds is 5. The number of thiocarbonyl (C=S) groups is 1. The number of hydrogen-bond donors (Lipinski definition) is 1. The maximum atomic E-state index is 12.4. The number of nitrogens with zero attached hydrogens (tertiary/aromatic N) is 1. The van der Waals surface area contributed by atoms with E-state index in [0.29, 0.717) is 20.4 Å². The van der Waals surface area contributed by atoms with Crippen LogP contribution in [0.4, 0.5) is 5.69 Å². The topological polar surface area (TPSA) is 116 Å². The molecule has 1 fully saturated rings. The van der Waals surface area contributed by atoms with Crippen molar-refractivity contribution in [2.24, 2.45) is 0 Å². The van der Waals surface area contributed by atoms with Crippen molar-refractivity contribution in [1.82, 2.24) is 5.32 Å². The Morgan fingerprint density at radius 1 is 1.21 bits per heavy atom. The van der Waals surface area contributed by atoms with E-state index in [1.54, 1.807) is 18.2 Å². The number of carbonyl (C=O) groups is 1. The van der Waals surface area contributed by atoms with Crippen LogP contribution in [-0.4, -0.2) is 23.6 Å². The van der Waals surface area contributed by atoms with Gasteiger partial charge in [0, 0.05) is 11.6 Å². The van der Waals surface area contributed by atoms with Gasteiger partial charge < -0.3 is 9.50 Å². The molecule has 0 saturated carbocycles. The van der Waals surface area contributed by atoms with Gasteiger partial charge in [0.1, 0.15) is 15.0 Å². The van der Waals surface area contributed by atoms with Crippen molar-refractivity contribution in [2.45, 2.75) is 11.8 Å². The summed E-state index contributed by atoms with van der Waals surface area (Å²) in [5, 5.41) is 13.5. The van der Waals surface area contributed by atoms with E-state index in [1.165, 1.54) is 31.2 Å².